The predicted molar refractivity (Wildman–Crippen MR) is 130 cm³/mol. The molecule has 1 heterocycles. The maximum Gasteiger partial charge on any atom is 0.251 e. The number of hydrogen-bond donors (Lipinski definition) is 1. The summed E-state index contributed by atoms with van der Waals surface area (Å²) in [5, 5.41) is 0. The summed E-state index contributed by atoms with van der Waals surface area (Å²) in [7, 11) is 0. The summed E-state index contributed by atoms with van der Waals surface area (Å²) >= 11 is 0. The molecule has 32 heavy (non-hydrogen) atoms. The molecule has 0 aliphatic heterocycles. The molecule has 2 N–H and O–H groups in total. The third-order valence-corrected chi connectivity index (χ3v) is 6.63. The average Bonchev–Trinajstić information content (AvgIpc) is 3.07. The summed E-state index contributed by atoms with van der Waals surface area (Å²) in [5.41, 5.74) is 10.8. The lowest BCUT2D eigenvalue weighted by atomic mass is 9.89. The molecule has 3 aromatic rings. The summed E-state index contributed by atoms with van der Waals surface area (Å²) in [5.74, 6) is 1.86. The van der Waals surface area contributed by atoms with Crippen molar-refractivity contribution in [3.8, 4) is 22.6 Å². The molecule has 1 saturated carbocycles. The van der Waals surface area contributed by atoms with Crippen molar-refractivity contribution in [3.63, 3.8) is 0 Å². The first-order valence-corrected chi connectivity index (χ1v) is 11.9. The van der Waals surface area contributed by atoms with Crippen LogP contribution >= 0.6 is 0 Å². The molecular weight excluding hydrogens is 396 g/mol. The van der Waals surface area contributed by atoms with Gasteiger partial charge >= 0.3 is 0 Å². The van der Waals surface area contributed by atoms with Gasteiger partial charge < -0.3 is 15.0 Å². The van der Waals surface area contributed by atoms with Crippen LogP contribution in [0.25, 0.3) is 11.1 Å². The zero-order chi connectivity index (χ0) is 22.5. The third-order valence-electron chi connectivity index (χ3n) is 6.63. The van der Waals surface area contributed by atoms with Gasteiger partial charge in [0.25, 0.3) is 5.91 Å². The fraction of sp³-hybridized carbons (Fsp3) is 0.393. The van der Waals surface area contributed by atoms with Gasteiger partial charge in [0, 0.05) is 23.5 Å². The molecule has 168 valence electrons. The predicted octanol–water partition coefficient (Wildman–Crippen LogP) is 6.89. The number of benzene rings is 2. The number of hydrogen-bond acceptors (Lipinski definition) is 2. The molecule has 4 heteroatoms. The molecule has 1 aromatic heterocycles. The first kappa shape index (κ1) is 22.2. The molecule has 1 aliphatic rings. The SMILES string of the molecule is CCCc1c(-c2cccc(Oc3ccccc3)c2)c(C(N)=O)c(C)n1CC1CCCCC1. The van der Waals surface area contributed by atoms with Gasteiger partial charge in [-0.3, -0.25) is 4.79 Å². The third kappa shape index (κ3) is 4.74. The van der Waals surface area contributed by atoms with Crippen LogP contribution in [0, 0.1) is 12.8 Å². The van der Waals surface area contributed by atoms with E-state index >= 15 is 0 Å². The Bertz CT molecular complexity index is 1060. The van der Waals surface area contributed by atoms with Gasteiger partial charge in [0.05, 0.1) is 5.56 Å². The molecule has 0 spiro atoms. The molecule has 0 saturated heterocycles. The van der Waals surface area contributed by atoms with Gasteiger partial charge in [0.2, 0.25) is 0 Å². The second-order valence-electron chi connectivity index (χ2n) is 8.95. The highest BCUT2D eigenvalue weighted by molar-refractivity contribution is 6.02. The molecule has 1 amide bonds. The smallest absolute Gasteiger partial charge is 0.251 e. The lowest BCUT2D eigenvalue weighted by Gasteiger charge is -2.24. The zero-order valence-corrected chi connectivity index (χ0v) is 19.3. The molecule has 0 radical (unpaired) electrons. The van der Waals surface area contributed by atoms with E-state index in [1.807, 2.05) is 48.5 Å². The highest BCUT2D eigenvalue weighted by Crippen LogP contribution is 2.37. The van der Waals surface area contributed by atoms with Crippen molar-refractivity contribution < 1.29 is 9.53 Å². The quantitative estimate of drug-likeness (QED) is 0.423. The number of amides is 1. The van der Waals surface area contributed by atoms with Crippen molar-refractivity contribution in [1.82, 2.24) is 4.57 Å². The van der Waals surface area contributed by atoms with Crippen LogP contribution in [-0.2, 0) is 13.0 Å². The summed E-state index contributed by atoms with van der Waals surface area (Å²) in [6.45, 7) is 5.22. The number of carbonyl (C=O) groups excluding carboxylic acids is 1. The van der Waals surface area contributed by atoms with Gasteiger partial charge in [0.1, 0.15) is 11.5 Å². The van der Waals surface area contributed by atoms with Gasteiger partial charge in [-0.05, 0) is 61.9 Å². The van der Waals surface area contributed by atoms with Gasteiger partial charge in [0.15, 0.2) is 0 Å². The molecule has 1 fully saturated rings. The molecule has 0 atom stereocenters. The molecule has 4 nitrogen and oxygen atoms in total. The van der Waals surface area contributed by atoms with Crippen molar-refractivity contribution in [1.29, 1.82) is 0 Å². The zero-order valence-electron chi connectivity index (χ0n) is 19.3. The Labute approximate surface area is 191 Å². The number of aromatic nitrogens is 1. The molecular formula is C28H34N2O2. The van der Waals surface area contributed by atoms with Gasteiger partial charge in [-0.25, -0.2) is 0 Å². The van der Waals surface area contributed by atoms with Crippen LogP contribution in [-0.4, -0.2) is 10.5 Å². The fourth-order valence-electron chi connectivity index (χ4n) is 5.12. The lowest BCUT2D eigenvalue weighted by molar-refractivity contribution is 0.1000. The maximum absolute atomic E-state index is 12.6. The second-order valence-corrected chi connectivity index (χ2v) is 8.95. The van der Waals surface area contributed by atoms with Crippen LogP contribution in [0.3, 0.4) is 0 Å². The standard InChI is InChI=1S/C28H34N2O2/c1-3-11-25-27(22-14-10-17-24(18-22)32-23-15-8-5-9-16-23)26(28(29)31)20(2)30(25)19-21-12-6-4-7-13-21/h5,8-10,14-18,21H,3-4,6-7,11-13,19H2,1-2H3,(H2,29,31). The number of carbonyl (C=O) groups is 1. The first-order valence-electron chi connectivity index (χ1n) is 11.9. The number of ether oxygens (including phenoxy) is 1. The van der Waals surface area contributed by atoms with E-state index in [0.717, 1.165) is 47.7 Å². The van der Waals surface area contributed by atoms with E-state index in [1.54, 1.807) is 0 Å². The van der Waals surface area contributed by atoms with Gasteiger partial charge in [-0.2, -0.15) is 0 Å². The molecule has 4 rings (SSSR count). The number of para-hydroxylation sites is 1. The molecule has 0 unspecified atom stereocenters. The monoisotopic (exact) mass is 430 g/mol. The summed E-state index contributed by atoms with van der Waals surface area (Å²) in [6.07, 6.45) is 8.43. The van der Waals surface area contributed by atoms with E-state index in [9.17, 15) is 4.79 Å². The fourth-order valence-corrected chi connectivity index (χ4v) is 5.12. The highest BCUT2D eigenvalue weighted by Gasteiger charge is 2.26. The van der Waals surface area contributed by atoms with E-state index in [4.69, 9.17) is 10.5 Å². The second kappa shape index (κ2) is 10.1. The largest absolute Gasteiger partial charge is 0.457 e. The number of rotatable bonds is 8. The molecule has 1 aliphatic carbocycles. The van der Waals surface area contributed by atoms with Crippen molar-refractivity contribution in [2.24, 2.45) is 11.7 Å². The number of nitrogens with two attached hydrogens (primary N) is 1. The lowest BCUT2D eigenvalue weighted by Crippen LogP contribution is -2.18. The summed E-state index contributed by atoms with van der Waals surface area (Å²) in [4.78, 5) is 12.6. The van der Waals surface area contributed by atoms with Crippen LogP contribution < -0.4 is 10.5 Å². The summed E-state index contributed by atoms with van der Waals surface area (Å²) < 4.78 is 8.46. The molecule has 0 bridgehead atoms. The van der Waals surface area contributed by atoms with Crippen LogP contribution in [0.1, 0.15) is 67.2 Å². The Hall–Kier alpha value is -3.01. The maximum atomic E-state index is 12.6. The minimum atomic E-state index is -0.355. The van der Waals surface area contributed by atoms with E-state index in [0.29, 0.717) is 11.5 Å². The van der Waals surface area contributed by atoms with Crippen LogP contribution in [0.2, 0.25) is 0 Å². The first-order chi connectivity index (χ1) is 15.6. The minimum Gasteiger partial charge on any atom is -0.457 e. The normalized spacial score (nSPS) is 14.4. The van der Waals surface area contributed by atoms with Gasteiger partial charge in [-0.15, -0.1) is 0 Å². The Morgan fingerprint density at radius 1 is 1.03 bits per heavy atom. The van der Waals surface area contributed by atoms with Gasteiger partial charge in [-0.1, -0.05) is 62.9 Å². The minimum absolute atomic E-state index is 0.355. The topological polar surface area (TPSA) is 57.2 Å². The van der Waals surface area contributed by atoms with Crippen molar-refractivity contribution >= 4 is 5.91 Å². The Morgan fingerprint density at radius 2 is 1.75 bits per heavy atom. The number of nitrogens with zero attached hydrogens (tertiary/aromatic N) is 1. The molecule has 2 aromatic carbocycles. The highest BCUT2D eigenvalue weighted by atomic mass is 16.5. The van der Waals surface area contributed by atoms with Crippen LogP contribution in [0.15, 0.2) is 54.6 Å². The summed E-state index contributed by atoms with van der Waals surface area (Å²) in [6, 6.07) is 17.8. The van der Waals surface area contributed by atoms with Crippen LogP contribution in [0.5, 0.6) is 11.5 Å². The Kier molecular flexibility index (Phi) is 6.99. The van der Waals surface area contributed by atoms with Crippen molar-refractivity contribution in [2.75, 3.05) is 0 Å². The van der Waals surface area contributed by atoms with E-state index in [-0.39, 0.29) is 5.91 Å². The number of primary amides is 1. The Balaban J connectivity index is 1.77. The Morgan fingerprint density at radius 3 is 2.44 bits per heavy atom. The van der Waals surface area contributed by atoms with Crippen molar-refractivity contribution in [2.45, 2.75) is 65.3 Å². The van der Waals surface area contributed by atoms with E-state index in [1.165, 1.54) is 37.8 Å². The van der Waals surface area contributed by atoms with Crippen molar-refractivity contribution in [3.05, 3.63) is 71.5 Å². The average molecular weight is 431 g/mol. The van der Waals surface area contributed by atoms with E-state index in [2.05, 4.69) is 24.5 Å². The van der Waals surface area contributed by atoms with Crippen LogP contribution in [0.4, 0.5) is 0 Å². The van der Waals surface area contributed by atoms with E-state index < -0.39 is 0 Å².